The van der Waals surface area contributed by atoms with Gasteiger partial charge in [-0.25, -0.2) is 4.98 Å². The maximum Gasteiger partial charge on any atom is 0.416 e. The zero-order valence-corrected chi connectivity index (χ0v) is 16.3. The fourth-order valence-electron chi connectivity index (χ4n) is 3.37. The number of alkyl halides is 3. The van der Waals surface area contributed by atoms with E-state index >= 15 is 0 Å². The third-order valence-electron chi connectivity index (χ3n) is 5.02. The van der Waals surface area contributed by atoms with Crippen molar-refractivity contribution in [2.45, 2.75) is 43.6 Å². The van der Waals surface area contributed by atoms with Gasteiger partial charge in [0.05, 0.1) is 30.0 Å². The number of hydrogen-bond acceptors (Lipinski definition) is 6. The van der Waals surface area contributed by atoms with Gasteiger partial charge in [0.1, 0.15) is 5.75 Å². The summed E-state index contributed by atoms with van der Waals surface area (Å²) in [6.07, 6.45) is -0.888. The minimum Gasteiger partial charge on any atom is -0.490 e. The molecule has 2 heterocycles. The van der Waals surface area contributed by atoms with Gasteiger partial charge in [-0.15, -0.1) is 0 Å². The van der Waals surface area contributed by atoms with Gasteiger partial charge in [0.25, 0.3) is 5.89 Å². The van der Waals surface area contributed by atoms with E-state index in [0.717, 1.165) is 25.0 Å². The van der Waals surface area contributed by atoms with E-state index in [9.17, 15) is 18.0 Å². The van der Waals surface area contributed by atoms with Crippen LogP contribution in [0.4, 0.5) is 13.2 Å². The first-order chi connectivity index (χ1) is 14.3. The highest BCUT2D eigenvalue weighted by atomic mass is 19.4. The van der Waals surface area contributed by atoms with Gasteiger partial charge in [-0.3, -0.25) is 4.79 Å². The quantitative estimate of drug-likeness (QED) is 0.710. The number of methoxy groups -OCH3 is 1. The van der Waals surface area contributed by atoms with Gasteiger partial charge in [0.2, 0.25) is 0 Å². The number of nitrogens with one attached hydrogen (secondary N) is 2. The number of oxazole rings is 1. The summed E-state index contributed by atoms with van der Waals surface area (Å²) < 4.78 is 55.8. The smallest absolute Gasteiger partial charge is 0.416 e. The van der Waals surface area contributed by atoms with E-state index in [1.54, 1.807) is 7.11 Å². The molecule has 2 fully saturated rings. The highest BCUT2D eigenvalue weighted by Crippen LogP contribution is 2.39. The molecule has 1 aliphatic carbocycles. The molecular formula is C20H22F3N3O4. The number of ether oxygens (including phenoxy) is 2. The van der Waals surface area contributed by atoms with Crippen molar-refractivity contribution >= 4 is 5.91 Å². The van der Waals surface area contributed by atoms with E-state index in [4.69, 9.17) is 13.9 Å². The van der Waals surface area contributed by atoms with Crippen LogP contribution in [0.15, 0.2) is 28.8 Å². The van der Waals surface area contributed by atoms with E-state index in [0.29, 0.717) is 19.6 Å². The molecule has 2 aromatic rings. The van der Waals surface area contributed by atoms with Crippen LogP contribution < -0.4 is 15.4 Å². The van der Waals surface area contributed by atoms with E-state index in [1.165, 1.54) is 12.3 Å². The van der Waals surface area contributed by atoms with Gasteiger partial charge >= 0.3 is 12.1 Å². The summed E-state index contributed by atoms with van der Waals surface area (Å²) >= 11 is 0. The number of halogens is 3. The van der Waals surface area contributed by atoms with Crippen molar-refractivity contribution in [1.82, 2.24) is 15.6 Å². The average molecular weight is 425 g/mol. The lowest BCUT2D eigenvalue weighted by Crippen LogP contribution is -2.36. The van der Waals surface area contributed by atoms with Gasteiger partial charge in [-0.05, 0) is 37.5 Å². The van der Waals surface area contributed by atoms with Crippen molar-refractivity contribution in [2.24, 2.45) is 0 Å². The first-order valence-electron chi connectivity index (χ1n) is 9.70. The predicted octanol–water partition coefficient (Wildman–Crippen LogP) is 3.01. The zero-order chi connectivity index (χ0) is 21.3. The molecule has 7 nitrogen and oxygen atoms in total. The summed E-state index contributed by atoms with van der Waals surface area (Å²) in [4.78, 5) is 16.4. The number of carbonyl (C=O) groups excluding carboxylic acids is 1. The molecular weight excluding hydrogens is 403 g/mol. The zero-order valence-electron chi connectivity index (χ0n) is 16.3. The highest BCUT2D eigenvalue weighted by Gasteiger charge is 2.33. The summed E-state index contributed by atoms with van der Waals surface area (Å²) in [6.45, 7) is 1.12. The lowest BCUT2D eigenvalue weighted by molar-refractivity contribution is -0.137. The van der Waals surface area contributed by atoms with E-state index in [-0.39, 0.29) is 41.2 Å². The van der Waals surface area contributed by atoms with Gasteiger partial charge in [-0.2, -0.15) is 13.2 Å². The Kier molecular flexibility index (Phi) is 5.70. The van der Waals surface area contributed by atoms with Crippen LogP contribution >= 0.6 is 0 Å². The molecule has 1 saturated heterocycles. The van der Waals surface area contributed by atoms with Crippen LogP contribution in [0.3, 0.4) is 0 Å². The molecule has 1 unspecified atom stereocenters. The number of nitrogens with zero attached hydrogens (tertiary/aromatic N) is 1. The molecule has 0 radical (unpaired) electrons. The first-order valence-corrected chi connectivity index (χ1v) is 9.70. The van der Waals surface area contributed by atoms with Gasteiger partial charge in [-0.1, -0.05) is 0 Å². The Hall–Kier alpha value is -2.59. The lowest BCUT2D eigenvalue weighted by atomic mass is 10.1. The number of amides is 1. The van der Waals surface area contributed by atoms with Crippen LogP contribution in [0.5, 0.6) is 5.75 Å². The standard InChI is InChI=1S/C20H22F3N3O4/c1-28-10-13-7-12(8-24-13)26-18(27)19-25-9-17(30-19)15-6-11(20(21,22)23)2-5-16(15)29-14-3-4-14/h2,5-6,9,12-14,24H,3-4,7-8,10H2,1H3,(H,26,27)/t12-,13?/m1/s1. The van der Waals surface area contributed by atoms with Crippen LogP contribution in [0.2, 0.25) is 0 Å². The minimum absolute atomic E-state index is 0.0129. The van der Waals surface area contributed by atoms with E-state index in [1.807, 2.05) is 0 Å². The molecule has 30 heavy (non-hydrogen) atoms. The third-order valence-corrected chi connectivity index (χ3v) is 5.02. The fraction of sp³-hybridized carbons (Fsp3) is 0.500. The average Bonchev–Trinajstić information content (AvgIpc) is 3.19. The molecule has 1 aromatic heterocycles. The van der Waals surface area contributed by atoms with Crippen LogP contribution in [0, 0.1) is 0 Å². The van der Waals surface area contributed by atoms with Crippen LogP contribution in [0.1, 0.15) is 35.5 Å². The van der Waals surface area contributed by atoms with Crippen molar-refractivity contribution in [3.63, 3.8) is 0 Å². The molecule has 1 amide bonds. The molecule has 0 bridgehead atoms. The maximum atomic E-state index is 13.2. The molecule has 162 valence electrons. The van der Waals surface area contributed by atoms with Crippen molar-refractivity contribution in [2.75, 3.05) is 20.3 Å². The molecule has 4 rings (SSSR count). The Labute approximate surface area is 170 Å². The minimum atomic E-state index is -4.51. The van der Waals surface area contributed by atoms with Crippen LogP contribution in [-0.2, 0) is 10.9 Å². The van der Waals surface area contributed by atoms with Gasteiger partial charge in [0, 0.05) is 25.7 Å². The van der Waals surface area contributed by atoms with Crippen LogP contribution in [0.25, 0.3) is 11.3 Å². The number of rotatable bonds is 7. The second-order valence-electron chi connectivity index (χ2n) is 7.52. The molecule has 1 saturated carbocycles. The molecule has 0 spiro atoms. The SMILES string of the molecule is COCC1C[C@@H](NC(=O)c2ncc(-c3cc(C(F)(F)F)ccc3OC3CC3)o2)CN1. The van der Waals surface area contributed by atoms with Gasteiger partial charge < -0.3 is 24.5 Å². The number of hydrogen-bond donors (Lipinski definition) is 2. The molecule has 2 atom stereocenters. The highest BCUT2D eigenvalue weighted by molar-refractivity contribution is 5.90. The molecule has 1 aliphatic heterocycles. The van der Waals surface area contributed by atoms with E-state index < -0.39 is 17.6 Å². The van der Waals surface area contributed by atoms with Crippen molar-refractivity contribution < 1.29 is 31.9 Å². The second kappa shape index (κ2) is 8.27. The Balaban J connectivity index is 1.52. The molecule has 10 heteroatoms. The summed E-state index contributed by atoms with van der Waals surface area (Å²) in [5.41, 5.74) is -0.713. The van der Waals surface area contributed by atoms with Gasteiger partial charge in [0.15, 0.2) is 5.76 Å². The monoisotopic (exact) mass is 425 g/mol. The maximum absolute atomic E-state index is 13.2. The summed E-state index contributed by atoms with van der Waals surface area (Å²) in [5, 5.41) is 6.05. The van der Waals surface area contributed by atoms with E-state index in [2.05, 4.69) is 15.6 Å². The number of benzene rings is 1. The Bertz CT molecular complexity index is 911. The van der Waals surface area contributed by atoms with Crippen molar-refractivity contribution in [3.05, 3.63) is 35.9 Å². The van der Waals surface area contributed by atoms with Crippen molar-refractivity contribution in [3.8, 4) is 17.1 Å². The number of aromatic nitrogens is 1. The second-order valence-corrected chi connectivity index (χ2v) is 7.52. The lowest BCUT2D eigenvalue weighted by Gasteiger charge is -2.13. The number of carbonyl (C=O) groups is 1. The molecule has 1 aromatic carbocycles. The Morgan fingerprint density at radius 3 is 2.87 bits per heavy atom. The largest absolute Gasteiger partial charge is 0.490 e. The topological polar surface area (TPSA) is 85.6 Å². The summed E-state index contributed by atoms with van der Waals surface area (Å²) in [6, 6.07) is 3.23. The summed E-state index contributed by atoms with van der Waals surface area (Å²) in [7, 11) is 1.61. The third kappa shape index (κ3) is 4.76. The first kappa shape index (κ1) is 20.7. The Morgan fingerprint density at radius 2 is 2.17 bits per heavy atom. The molecule has 2 aliphatic rings. The fourth-order valence-corrected chi connectivity index (χ4v) is 3.37. The normalized spacial score (nSPS) is 21.6. The molecule has 2 N–H and O–H groups in total. The Morgan fingerprint density at radius 1 is 1.37 bits per heavy atom. The van der Waals surface area contributed by atoms with Crippen molar-refractivity contribution in [1.29, 1.82) is 0 Å². The van der Waals surface area contributed by atoms with Crippen LogP contribution in [-0.4, -0.2) is 49.3 Å². The predicted molar refractivity (Wildman–Crippen MR) is 100 cm³/mol. The summed E-state index contributed by atoms with van der Waals surface area (Å²) in [5.74, 6) is -0.419.